The van der Waals surface area contributed by atoms with E-state index in [9.17, 15) is 22.8 Å². The fraction of sp³-hybridized carbons (Fsp3) is 0.250. The molecule has 0 N–H and O–H groups in total. The summed E-state index contributed by atoms with van der Waals surface area (Å²) < 4.78 is 37.0. The predicted octanol–water partition coefficient (Wildman–Crippen LogP) is 2.38. The molecule has 2 rings (SSSR count). The lowest BCUT2D eigenvalue weighted by molar-refractivity contribution is -0.133. The Labute approximate surface area is 105 Å². The molecule has 19 heavy (non-hydrogen) atoms. The van der Waals surface area contributed by atoms with Crippen molar-refractivity contribution in [2.45, 2.75) is 19.0 Å². The number of carbonyl (C=O) groups excluding carboxylic acids is 1. The number of hydrogen-bond acceptors (Lipinski definition) is 3. The van der Waals surface area contributed by atoms with Gasteiger partial charge in [0.2, 0.25) is 5.91 Å². The molecular formula is C12H9F3N2O2. The van der Waals surface area contributed by atoms with Gasteiger partial charge in [-0.05, 0) is 18.2 Å². The molecule has 4 nitrogen and oxygen atoms in total. The van der Waals surface area contributed by atoms with Crippen molar-refractivity contribution < 1.29 is 18.0 Å². The van der Waals surface area contributed by atoms with Crippen LogP contribution in [0, 0.1) is 0 Å². The molecule has 0 fully saturated rings. The van der Waals surface area contributed by atoms with E-state index in [1.807, 2.05) is 0 Å². The van der Waals surface area contributed by atoms with Crippen LogP contribution in [-0.2, 0) is 0 Å². The molecule has 0 saturated carbocycles. The SMILES string of the molecule is O=C(CCC(F)(F)F)n1c(=O)ccc2cccnc21. The van der Waals surface area contributed by atoms with Gasteiger partial charge in [0.05, 0.1) is 6.42 Å². The topological polar surface area (TPSA) is 52.0 Å². The highest BCUT2D eigenvalue weighted by Gasteiger charge is 2.28. The average molecular weight is 270 g/mol. The molecule has 2 aromatic heterocycles. The highest BCUT2D eigenvalue weighted by atomic mass is 19.4. The number of pyridine rings is 2. The minimum absolute atomic E-state index is 0.0715. The maximum Gasteiger partial charge on any atom is 0.389 e. The summed E-state index contributed by atoms with van der Waals surface area (Å²) in [6, 6.07) is 5.83. The largest absolute Gasteiger partial charge is 0.389 e. The summed E-state index contributed by atoms with van der Waals surface area (Å²) >= 11 is 0. The van der Waals surface area contributed by atoms with E-state index >= 15 is 0 Å². The van der Waals surface area contributed by atoms with Crippen molar-refractivity contribution in [1.29, 1.82) is 0 Å². The molecule has 0 saturated heterocycles. The van der Waals surface area contributed by atoms with E-state index < -0.39 is 30.5 Å². The smallest absolute Gasteiger partial charge is 0.274 e. The molecule has 7 heteroatoms. The van der Waals surface area contributed by atoms with Gasteiger partial charge < -0.3 is 0 Å². The standard InChI is InChI=1S/C12H9F3N2O2/c13-12(14,15)6-5-10(19)17-9(18)4-3-8-2-1-7-16-11(8)17/h1-4,7H,5-6H2. The molecular weight excluding hydrogens is 261 g/mol. The monoisotopic (exact) mass is 270 g/mol. The van der Waals surface area contributed by atoms with E-state index in [-0.39, 0.29) is 5.65 Å². The van der Waals surface area contributed by atoms with Gasteiger partial charge in [-0.2, -0.15) is 13.2 Å². The Balaban J connectivity index is 2.41. The molecule has 0 unspecified atom stereocenters. The molecule has 0 aliphatic heterocycles. The van der Waals surface area contributed by atoms with Crippen LogP contribution in [0.3, 0.4) is 0 Å². The second-order valence-electron chi connectivity index (χ2n) is 3.93. The lowest BCUT2D eigenvalue weighted by Gasteiger charge is -2.09. The van der Waals surface area contributed by atoms with Crippen LogP contribution in [0.1, 0.15) is 17.6 Å². The fourth-order valence-electron chi connectivity index (χ4n) is 1.67. The first-order chi connectivity index (χ1) is 8.88. The molecule has 0 aliphatic rings. The van der Waals surface area contributed by atoms with Crippen LogP contribution in [-0.4, -0.2) is 21.6 Å². The van der Waals surface area contributed by atoms with Crippen molar-refractivity contribution in [1.82, 2.24) is 9.55 Å². The zero-order chi connectivity index (χ0) is 14.0. The second kappa shape index (κ2) is 4.83. The number of nitrogens with zero attached hydrogens (tertiary/aromatic N) is 2. The van der Waals surface area contributed by atoms with Gasteiger partial charge in [-0.3, -0.25) is 9.59 Å². The molecule has 100 valence electrons. The Morgan fingerprint density at radius 3 is 2.68 bits per heavy atom. The van der Waals surface area contributed by atoms with Crippen LogP contribution >= 0.6 is 0 Å². The van der Waals surface area contributed by atoms with Gasteiger partial charge in [-0.25, -0.2) is 9.55 Å². The quantitative estimate of drug-likeness (QED) is 0.841. The second-order valence-corrected chi connectivity index (χ2v) is 3.93. The Morgan fingerprint density at radius 2 is 2.00 bits per heavy atom. The van der Waals surface area contributed by atoms with Crippen LogP contribution in [0.25, 0.3) is 11.0 Å². The summed E-state index contributed by atoms with van der Waals surface area (Å²) in [5.41, 5.74) is -0.611. The number of carbonyl (C=O) groups is 1. The molecule has 2 heterocycles. The molecule has 0 aromatic carbocycles. The first-order valence-corrected chi connectivity index (χ1v) is 5.45. The normalized spacial score (nSPS) is 11.7. The first-order valence-electron chi connectivity index (χ1n) is 5.45. The van der Waals surface area contributed by atoms with Crippen molar-refractivity contribution >= 4 is 16.9 Å². The van der Waals surface area contributed by atoms with Crippen LogP contribution in [0.4, 0.5) is 13.2 Å². The van der Waals surface area contributed by atoms with Gasteiger partial charge in [0.25, 0.3) is 5.56 Å². The molecule has 0 amide bonds. The minimum atomic E-state index is -4.43. The first kappa shape index (κ1) is 13.3. The van der Waals surface area contributed by atoms with E-state index in [0.717, 1.165) is 6.07 Å². The third kappa shape index (κ3) is 2.98. The van der Waals surface area contributed by atoms with Crippen molar-refractivity contribution in [2.75, 3.05) is 0 Å². The van der Waals surface area contributed by atoms with Crippen LogP contribution in [0.2, 0.25) is 0 Å². The number of rotatable bonds is 2. The maximum absolute atomic E-state index is 12.1. The van der Waals surface area contributed by atoms with Crippen LogP contribution in [0.15, 0.2) is 35.3 Å². The molecule has 2 aromatic rings. The third-order valence-electron chi connectivity index (χ3n) is 2.53. The Morgan fingerprint density at radius 1 is 1.26 bits per heavy atom. The number of aromatic nitrogens is 2. The molecule has 0 spiro atoms. The van der Waals surface area contributed by atoms with E-state index in [1.165, 1.54) is 12.3 Å². The van der Waals surface area contributed by atoms with Gasteiger partial charge in [0.1, 0.15) is 5.65 Å². The van der Waals surface area contributed by atoms with E-state index in [2.05, 4.69) is 4.98 Å². The van der Waals surface area contributed by atoms with Crippen molar-refractivity contribution in [3.8, 4) is 0 Å². The summed E-state index contributed by atoms with van der Waals surface area (Å²) in [5, 5.41) is 0.516. The number of fused-ring (bicyclic) bond motifs is 1. The molecule has 0 radical (unpaired) electrons. The van der Waals surface area contributed by atoms with Gasteiger partial charge in [-0.15, -0.1) is 0 Å². The molecule has 0 bridgehead atoms. The Kier molecular flexibility index (Phi) is 3.37. The molecule has 0 atom stereocenters. The van der Waals surface area contributed by atoms with E-state index in [4.69, 9.17) is 0 Å². The van der Waals surface area contributed by atoms with Gasteiger partial charge in [-0.1, -0.05) is 0 Å². The summed E-state index contributed by atoms with van der Waals surface area (Å²) in [4.78, 5) is 27.2. The minimum Gasteiger partial charge on any atom is -0.274 e. The van der Waals surface area contributed by atoms with E-state index in [0.29, 0.717) is 9.95 Å². The average Bonchev–Trinajstić information content (AvgIpc) is 2.35. The lowest BCUT2D eigenvalue weighted by atomic mass is 10.2. The van der Waals surface area contributed by atoms with Crippen molar-refractivity contribution in [3.63, 3.8) is 0 Å². The number of halogens is 3. The summed E-state index contributed by atoms with van der Waals surface area (Å²) in [5.74, 6) is -0.911. The van der Waals surface area contributed by atoms with Crippen molar-refractivity contribution in [2.24, 2.45) is 0 Å². The predicted molar refractivity (Wildman–Crippen MR) is 61.9 cm³/mol. The van der Waals surface area contributed by atoms with Gasteiger partial charge in [0, 0.05) is 24.1 Å². The highest BCUT2D eigenvalue weighted by Crippen LogP contribution is 2.21. The fourth-order valence-corrected chi connectivity index (χ4v) is 1.67. The zero-order valence-corrected chi connectivity index (χ0v) is 9.65. The third-order valence-corrected chi connectivity index (χ3v) is 2.53. The zero-order valence-electron chi connectivity index (χ0n) is 9.65. The number of hydrogen-bond donors (Lipinski definition) is 0. The Bertz CT molecular complexity index is 676. The van der Waals surface area contributed by atoms with Crippen molar-refractivity contribution in [3.05, 3.63) is 40.8 Å². The summed E-state index contributed by atoms with van der Waals surface area (Å²) in [6.07, 6.45) is -5.10. The highest BCUT2D eigenvalue weighted by molar-refractivity contribution is 5.88. The van der Waals surface area contributed by atoms with Crippen LogP contribution in [0.5, 0.6) is 0 Å². The summed E-state index contributed by atoms with van der Waals surface area (Å²) in [6.45, 7) is 0. The Hall–Kier alpha value is -2.18. The number of alkyl halides is 3. The summed E-state index contributed by atoms with van der Waals surface area (Å²) in [7, 11) is 0. The molecule has 0 aliphatic carbocycles. The van der Waals surface area contributed by atoms with Crippen LogP contribution < -0.4 is 5.56 Å². The lowest BCUT2D eigenvalue weighted by Crippen LogP contribution is -2.27. The van der Waals surface area contributed by atoms with E-state index in [1.54, 1.807) is 12.1 Å². The van der Waals surface area contributed by atoms with Gasteiger partial charge in [0.15, 0.2) is 0 Å². The van der Waals surface area contributed by atoms with Gasteiger partial charge >= 0.3 is 6.18 Å². The maximum atomic E-state index is 12.1.